The van der Waals surface area contributed by atoms with Crippen molar-refractivity contribution in [2.75, 3.05) is 31.0 Å². The summed E-state index contributed by atoms with van der Waals surface area (Å²) in [5.74, 6) is -5.11. The van der Waals surface area contributed by atoms with Crippen LogP contribution in [0.25, 0.3) is 0 Å². The second-order valence-corrected chi connectivity index (χ2v) is 13.5. The third-order valence-corrected chi connectivity index (χ3v) is 8.48. The van der Waals surface area contributed by atoms with E-state index in [1.807, 2.05) is 0 Å². The van der Waals surface area contributed by atoms with E-state index in [4.69, 9.17) is 18.9 Å². The highest BCUT2D eigenvalue weighted by molar-refractivity contribution is 7.92. The van der Waals surface area contributed by atoms with E-state index in [0.717, 1.165) is 18.2 Å². The molecule has 0 spiro atoms. The molecule has 47 heavy (non-hydrogen) atoms. The minimum atomic E-state index is -5.14. The molecule has 4 unspecified atom stereocenters. The molecular weight excluding hydrogens is 658 g/mol. The minimum Gasteiger partial charge on any atom is -0.388 e. The second kappa shape index (κ2) is 13.6. The smallest absolute Gasteiger partial charge is 0.388 e. The van der Waals surface area contributed by atoms with E-state index >= 15 is 0 Å². The summed E-state index contributed by atoms with van der Waals surface area (Å²) in [6, 6.07) is 3.92. The van der Waals surface area contributed by atoms with Gasteiger partial charge in [0.2, 0.25) is 0 Å². The Hall–Kier alpha value is -3.39. The molecule has 4 rings (SSSR count). The fraction of sp³-hybridized carbons (Fsp3) is 0.517. The number of amides is 2. The van der Waals surface area contributed by atoms with Gasteiger partial charge >= 0.3 is 6.18 Å². The molecule has 2 aromatic carbocycles. The van der Waals surface area contributed by atoms with Crippen LogP contribution in [0.15, 0.2) is 41.3 Å². The minimum absolute atomic E-state index is 0.0262. The van der Waals surface area contributed by atoms with Gasteiger partial charge in [0.05, 0.1) is 41.6 Å². The molecule has 2 aromatic rings. The molecule has 260 valence electrons. The van der Waals surface area contributed by atoms with E-state index in [0.29, 0.717) is 12.1 Å². The van der Waals surface area contributed by atoms with Gasteiger partial charge in [-0.3, -0.25) is 14.3 Å². The number of alkyl halides is 3. The number of rotatable bonds is 11. The topological polar surface area (TPSA) is 182 Å². The molecule has 0 bridgehead atoms. The molecule has 13 nitrogen and oxygen atoms in total. The number of halogens is 4. The maximum atomic E-state index is 13.6. The zero-order valence-corrected chi connectivity index (χ0v) is 26.5. The molecule has 2 fully saturated rings. The Morgan fingerprint density at radius 2 is 1.34 bits per heavy atom. The Morgan fingerprint density at radius 1 is 0.872 bits per heavy atom. The summed E-state index contributed by atoms with van der Waals surface area (Å²) in [4.78, 5) is 25.5. The van der Waals surface area contributed by atoms with Crippen LogP contribution in [0.4, 0.5) is 23.2 Å². The predicted octanol–water partition coefficient (Wildman–Crippen LogP) is 2.13. The number of hydrogen-bond acceptors (Lipinski definition) is 10. The lowest BCUT2D eigenvalue weighted by Crippen LogP contribution is -2.41. The summed E-state index contributed by atoms with van der Waals surface area (Å²) in [5, 5.41) is 25.7. The van der Waals surface area contributed by atoms with E-state index in [1.165, 1.54) is 0 Å². The SMILES string of the molecule is CC1(C)OCC(C(O)CNC(=O)c2cc(C(=O)NCC(O)C3COC(C)(C)O3)cc(S(=O)(=O)Nc3ccc(F)cc3C(F)(F)F)c2)O1. The van der Waals surface area contributed by atoms with Crippen molar-refractivity contribution in [3.63, 3.8) is 0 Å². The molecule has 18 heteroatoms. The normalized spacial score (nSPS) is 22.0. The highest BCUT2D eigenvalue weighted by Crippen LogP contribution is 2.36. The lowest BCUT2D eigenvalue weighted by molar-refractivity contribution is -0.150. The van der Waals surface area contributed by atoms with Crippen molar-refractivity contribution in [1.82, 2.24) is 10.6 Å². The molecule has 2 amide bonds. The average Bonchev–Trinajstić information content (AvgIpc) is 3.54. The molecular formula is C29H35F4N3O10S. The van der Waals surface area contributed by atoms with Crippen LogP contribution in [0.5, 0.6) is 0 Å². The summed E-state index contributed by atoms with van der Waals surface area (Å²) in [7, 11) is -4.94. The monoisotopic (exact) mass is 693 g/mol. The Bertz CT molecular complexity index is 1540. The highest BCUT2D eigenvalue weighted by Gasteiger charge is 2.39. The van der Waals surface area contributed by atoms with Gasteiger partial charge in [-0.25, -0.2) is 12.8 Å². The fourth-order valence-corrected chi connectivity index (χ4v) is 5.88. The number of anilines is 1. The van der Waals surface area contributed by atoms with Crippen LogP contribution < -0.4 is 15.4 Å². The van der Waals surface area contributed by atoms with E-state index < -0.39 is 97.1 Å². The van der Waals surface area contributed by atoms with Gasteiger partial charge in [0, 0.05) is 24.2 Å². The van der Waals surface area contributed by atoms with Crippen LogP contribution in [0, 0.1) is 5.82 Å². The molecule has 4 atom stereocenters. The number of hydrogen-bond donors (Lipinski definition) is 5. The zero-order chi connectivity index (χ0) is 34.9. The van der Waals surface area contributed by atoms with Crippen molar-refractivity contribution < 1.29 is 64.7 Å². The predicted molar refractivity (Wildman–Crippen MR) is 155 cm³/mol. The third-order valence-electron chi connectivity index (χ3n) is 7.14. The van der Waals surface area contributed by atoms with Crippen LogP contribution in [0.3, 0.4) is 0 Å². The lowest BCUT2D eigenvalue weighted by atomic mass is 10.1. The summed E-state index contributed by atoms with van der Waals surface area (Å²) in [5.41, 5.74) is -3.45. The Balaban J connectivity index is 1.59. The van der Waals surface area contributed by atoms with Crippen LogP contribution in [0.2, 0.25) is 0 Å². The van der Waals surface area contributed by atoms with E-state index in [9.17, 15) is 45.8 Å². The Morgan fingerprint density at radius 3 is 1.74 bits per heavy atom. The van der Waals surface area contributed by atoms with Gasteiger partial charge < -0.3 is 39.8 Å². The number of benzene rings is 2. The summed E-state index contributed by atoms with van der Waals surface area (Å²) < 4.78 is 105. The van der Waals surface area contributed by atoms with Gasteiger partial charge in [-0.05, 0) is 64.1 Å². The fourth-order valence-electron chi connectivity index (χ4n) is 4.73. The van der Waals surface area contributed by atoms with Gasteiger partial charge in [-0.1, -0.05) is 0 Å². The first kappa shape index (κ1) is 36.4. The first-order chi connectivity index (χ1) is 21.7. The number of carbonyl (C=O) groups is 2. The molecule has 0 aromatic heterocycles. The highest BCUT2D eigenvalue weighted by atomic mass is 32.2. The van der Waals surface area contributed by atoms with Crippen molar-refractivity contribution in [2.24, 2.45) is 0 Å². The summed E-state index contributed by atoms with van der Waals surface area (Å²) in [6.45, 7) is 5.81. The third kappa shape index (κ3) is 9.37. The maximum absolute atomic E-state index is 13.6. The zero-order valence-electron chi connectivity index (χ0n) is 25.7. The molecule has 0 radical (unpaired) electrons. The van der Waals surface area contributed by atoms with Gasteiger partial charge in [-0.2, -0.15) is 13.2 Å². The number of aliphatic hydroxyl groups is 2. The average molecular weight is 694 g/mol. The summed E-state index contributed by atoms with van der Waals surface area (Å²) >= 11 is 0. The van der Waals surface area contributed by atoms with E-state index in [-0.39, 0.29) is 32.4 Å². The number of ether oxygens (including phenoxy) is 4. The van der Waals surface area contributed by atoms with Gasteiger partial charge in [0.1, 0.15) is 18.0 Å². The standard InChI is InChI=1S/C29H35F4N3O10S/c1-27(2)43-13-23(45-27)21(37)11-34-25(39)15-7-16(26(40)35-12-22(38)24-14-44-28(3,4)46-24)9-18(8-15)47(41,42)36-20-6-5-17(30)10-19(20)29(31,32)33/h5-10,21-24,36-38H,11-14H2,1-4H3,(H,34,39)(H,35,40). The van der Waals surface area contributed by atoms with Crippen LogP contribution in [-0.2, 0) is 35.1 Å². The Labute approximate surface area is 267 Å². The number of nitrogens with one attached hydrogen (secondary N) is 3. The first-order valence-corrected chi connectivity index (χ1v) is 15.7. The van der Waals surface area contributed by atoms with Crippen molar-refractivity contribution in [2.45, 2.75) is 74.8 Å². The van der Waals surface area contributed by atoms with Crippen LogP contribution in [-0.4, -0.2) is 92.7 Å². The molecule has 2 saturated heterocycles. The lowest BCUT2D eigenvalue weighted by Gasteiger charge is -2.21. The largest absolute Gasteiger partial charge is 0.418 e. The number of aliphatic hydroxyl groups excluding tert-OH is 2. The molecule has 2 aliphatic heterocycles. The van der Waals surface area contributed by atoms with Crippen LogP contribution in [0.1, 0.15) is 54.0 Å². The van der Waals surface area contributed by atoms with Crippen molar-refractivity contribution in [1.29, 1.82) is 0 Å². The number of carbonyl (C=O) groups excluding carboxylic acids is 2. The van der Waals surface area contributed by atoms with Crippen LogP contribution >= 0.6 is 0 Å². The molecule has 0 saturated carbocycles. The first-order valence-electron chi connectivity index (χ1n) is 14.3. The summed E-state index contributed by atoms with van der Waals surface area (Å²) in [6.07, 6.45) is -9.23. The molecule has 0 aliphatic carbocycles. The second-order valence-electron chi connectivity index (χ2n) is 11.8. The van der Waals surface area contributed by atoms with Crippen molar-refractivity contribution in [3.8, 4) is 0 Å². The molecule has 2 aliphatic rings. The Kier molecular flexibility index (Phi) is 10.6. The number of sulfonamides is 1. The van der Waals surface area contributed by atoms with Gasteiger partial charge in [0.15, 0.2) is 11.6 Å². The van der Waals surface area contributed by atoms with Gasteiger partial charge in [-0.15, -0.1) is 0 Å². The quantitative estimate of drug-likeness (QED) is 0.219. The maximum Gasteiger partial charge on any atom is 0.418 e. The molecule has 5 N–H and O–H groups in total. The molecule has 2 heterocycles. The van der Waals surface area contributed by atoms with Gasteiger partial charge in [0.25, 0.3) is 21.8 Å². The van der Waals surface area contributed by atoms with E-state index in [2.05, 4.69) is 10.6 Å². The van der Waals surface area contributed by atoms with Crippen molar-refractivity contribution in [3.05, 3.63) is 58.9 Å². The van der Waals surface area contributed by atoms with Crippen molar-refractivity contribution >= 4 is 27.5 Å². The van der Waals surface area contributed by atoms with E-state index in [1.54, 1.807) is 32.4 Å².